The van der Waals surface area contributed by atoms with Crippen molar-refractivity contribution in [1.29, 1.82) is 0 Å². The Morgan fingerprint density at radius 1 is 1.47 bits per heavy atom. The van der Waals surface area contributed by atoms with Gasteiger partial charge in [0, 0.05) is 18.2 Å². The standard InChI is InChI=1S/C12H16N2O/c1-8-5-12(15-13-8)9-6-10-3-4-11(7-9)14(10)2/h5-6,10-11H,3-4,7H2,1-2H3. The zero-order valence-corrected chi connectivity index (χ0v) is 9.23. The van der Waals surface area contributed by atoms with Crippen molar-refractivity contribution in [2.24, 2.45) is 0 Å². The van der Waals surface area contributed by atoms with Gasteiger partial charge in [-0.05, 0) is 38.8 Å². The second-order valence-electron chi connectivity index (χ2n) is 4.69. The lowest BCUT2D eigenvalue weighted by Crippen LogP contribution is -2.34. The zero-order chi connectivity index (χ0) is 10.4. The monoisotopic (exact) mass is 204 g/mol. The van der Waals surface area contributed by atoms with Crippen LogP contribution in [0.5, 0.6) is 0 Å². The molecule has 2 atom stereocenters. The average molecular weight is 204 g/mol. The molecule has 2 unspecified atom stereocenters. The van der Waals surface area contributed by atoms with Crippen LogP contribution < -0.4 is 0 Å². The summed E-state index contributed by atoms with van der Waals surface area (Å²) in [5.74, 6) is 0.970. The predicted molar refractivity (Wildman–Crippen MR) is 58.4 cm³/mol. The lowest BCUT2D eigenvalue weighted by atomic mass is 10.00. The number of fused-ring (bicyclic) bond motifs is 2. The Balaban J connectivity index is 1.93. The molecular formula is C12H16N2O. The zero-order valence-electron chi connectivity index (χ0n) is 9.23. The molecule has 0 N–H and O–H groups in total. The number of nitrogens with zero attached hydrogens (tertiary/aromatic N) is 2. The van der Waals surface area contributed by atoms with Gasteiger partial charge in [0.2, 0.25) is 0 Å². The molecule has 1 aromatic rings. The van der Waals surface area contributed by atoms with E-state index in [0.29, 0.717) is 12.1 Å². The minimum absolute atomic E-state index is 0.615. The molecule has 3 heterocycles. The van der Waals surface area contributed by atoms with Crippen LogP contribution in [0.25, 0.3) is 5.57 Å². The van der Waals surface area contributed by atoms with E-state index in [0.717, 1.165) is 17.9 Å². The fourth-order valence-electron chi connectivity index (χ4n) is 2.74. The summed E-state index contributed by atoms with van der Waals surface area (Å²) in [6, 6.07) is 3.36. The van der Waals surface area contributed by atoms with Gasteiger partial charge in [-0.3, -0.25) is 4.90 Å². The Morgan fingerprint density at radius 3 is 3.00 bits per heavy atom. The van der Waals surface area contributed by atoms with Crippen LogP contribution in [0.1, 0.15) is 30.7 Å². The minimum Gasteiger partial charge on any atom is -0.356 e. The van der Waals surface area contributed by atoms with Crippen LogP contribution in [0.2, 0.25) is 0 Å². The highest BCUT2D eigenvalue weighted by atomic mass is 16.5. The van der Waals surface area contributed by atoms with Crippen molar-refractivity contribution in [2.75, 3.05) is 7.05 Å². The maximum atomic E-state index is 5.33. The Bertz CT molecular complexity index is 408. The van der Waals surface area contributed by atoms with Crippen molar-refractivity contribution in [1.82, 2.24) is 10.1 Å². The lowest BCUT2D eigenvalue weighted by molar-refractivity contribution is 0.262. The molecule has 3 heteroatoms. The van der Waals surface area contributed by atoms with Crippen molar-refractivity contribution >= 4 is 5.57 Å². The second-order valence-corrected chi connectivity index (χ2v) is 4.69. The number of aromatic nitrogens is 1. The number of hydrogen-bond acceptors (Lipinski definition) is 3. The number of rotatable bonds is 1. The molecule has 0 aromatic carbocycles. The van der Waals surface area contributed by atoms with Crippen LogP contribution in [0.15, 0.2) is 16.7 Å². The molecule has 0 aliphatic carbocycles. The summed E-state index contributed by atoms with van der Waals surface area (Å²) in [4.78, 5) is 2.48. The summed E-state index contributed by atoms with van der Waals surface area (Å²) in [5.41, 5.74) is 2.32. The van der Waals surface area contributed by atoms with Gasteiger partial charge >= 0.3 is 0 Å². The van der Waals surface area contributed by atoms with E-state index in [1.165, 1.54) is 18.4 Å². The van der Waals surface area contributed by atoms with E-state index in [1.807, 2.05) is 13.0 Å². The fraction of sp³-hybridized carbons (Fsp3) is 0.583. The third kappa shape index (κ3) is 1.42. The van der Waals surface area contributed by atoms with E-state index in [9.17, 15) is 0 Å². The van der Waals surface area contributed by atoms with Crippen LogP contribution >= 0.6 is 0 Å². The van der Waals surface area contributed by atoms with E-state index in [4.69, 9.17) is 4.52 Å². The summed E-state index contributed by atoms with van der Waals surface area (Å²) < 4.78 is 5.33. The van der Waals surface area contributed by atoms with Gasteiger partial charge in [0.25, 0.3) is 0 Å². The van der Waals surface area contributed by atoms with Crippen molar-refractivity contribution < 1.29 is 4.52 Å². The highest BCUT2D eigenvalue weighted by molar-refractivity contribution is 5.64. The fourth-order valence-corrected chi connectivity index (χ4v) is 2.74. The molecule has 2 aliphatic heterocycles. The van der Waals surface area contributed by atoms with Crippen molar-refractivity contribution in [2.45, 2.75) is 38.3 Å². The third-order valence-electron chi connectivity index (χ3n) is 3.69. The van der Waals surface area contributed by atoms with E-state index in [1.54, 1.807) is 0 Å². The van der Waals surface area contributed by atoms with Gasteiger partial charge < -0.3 is 4.52 Å². The first-order valence-corrected chi connectivity index (χ1v) is 5.60. The molecule has 3 rings (SSSR count). The van der Waals surface area contributed by atoms with Gasteiger partial charge in [0.15, 0.2) is 5.76 Å². The largest absolute Gasteiger partial charge is 0.356 e. The predicted octanol–water partition coefficient (Wildman–Crippen LogP) is 2.23. The lowest BCUT2D eigenvalue weighted by Gasteiger charge is -2.29. The van der Waals surface area contributed by atoms with Crippen LogP contribution in [0, 0.1) is 6.92 Å². The van der Waals surface area contributed by atoms with Crippen LogP contribution in [0.4, 0.5) is 0 Å². The Labute approximate surface area is 89.7 Å². The van der Waals surface area contributed by atoms with Crippen molar-refractivity contribution in [3.8, 4) is 0 Å². The summed E-state index contributed by atoms with van der Waals surface area (Å²) >= 11 is 0. The Hall–Kier alpha value is -1.09. The SMILES string of the molecule is Cc1cc(C2=CC3CCC(C2)N3C)on1. The molecule has 1 aromatic heterocycles. The summed E-state index contributed by atoms with van der Waals surface area (Å²) in [6.45, 7) is 1.97. The van der Waals surface area contributed by atoms with Crippen molar-refractivity contribution in [3.05, 3.63) is 23.6 Å². The molecule has 1 fully saturated rings. The first-order chi connectivity index (χ1) is 7.24. The average Bonchev–Trinajstić information content (AvgIpc) is 2.70. The number of hydrogen-bond donors (Lipinski definition) is 0. The smallest absolute Gasteiger partial charge is 0.162 e. The summed E-state index contributed by atoms with van der Waals surface area (Å²) in [6.07, 6.45) is 6.07. The first kappa shape index (κ1) is 9.16. The molecule has 0 amide bonds. The van der Waals surface area contributed by atoms with E-state index in [-0.39, 0.29) is 0 Å². The number of aryl methyl sites for hydroxylation is 1. The molecule has 2 aliphatic rings. The molecule has 0 saturated carbocycles. The molecule has 15 heavy (non-hydrogen) atoms. The van der Waals surface area contributed by atoms with E-state index in [2.05, 4.69) is 23.2 Å². The van der Waals surface area contributed by atoms with Gasteiger partial charge in [0.1, 0.15) is 0 Å². The van der Waals surface area contributed by atoms with Crippen LogP contribution in [0.3, 0.4) is 0 Å². The number of likely N-dealkylation sites (N-methyl/N-ethyl adjacent to an activating group) is 1. The summed E-state index contributed by atoms with van der Waals surface area (Å²) in [7, 11) is 2.22. The first-order valence-electron chi connectivity index (χ1n) is 5.60. The maximum absolute atomic E-state index is 5.33. The Kier molecular flexibility index (Phi) is 1.96. The maximum Gasteiger partial charge on any atom is 0.162 e. The topological polar surface area (TPSA) is 29.3 Å². The molecule has 0 radical (unpaired) electrons. The van der Waals surface area contributed by atoms with E-state index >= 15 is 0 Å². The quantitative estimate of drug-likeness (QED) is 0.702. The molecule has 1 saturated heterocycles. The summed E-state index contributed by atoms with van der Waals surface area (Å²) in [5, 5.41) is 3.95. The van der Waals surface area contributed by atoms with Crippen LogP contribution in [-0.2, 0) is 0 Å². The Morgan fingerprint density at radius 2 is 2.33 bits per heavy atom. The molecular weight excluding hydrogens is 188 g/mol. The van der Waals surface area contributed by atoms with Gasteiger partial charge in [-0.1, -0.05) is 11.2 Å². The van der Waals surface area contributed by atoms with Gasteiger partial charge in [-0.15, -0.1) is 0 Å². The molecule has 0 spiro atoms. The second kappa shape index (κ2) is 3.20. The minimum atomic E-state index is 0.615. The van der Waals surface area contributed by atoms with E-state index < -0.39 is 0 Å². The highest BCUT2D eigenvalue weighted by Crippen LogP contribution is 2.37. The molecule has 80 valence electrons. The molecule has 3 nitrogen and oxygen atoms in total. The molecule has 2 bridgehead atoms. The van der Waals surface area contributed by atoms with Gasteiger partial charge in [-0.25, -0.2) is 0 Å². The van der Waals surface area contributed by atoms with Gasteiger partial charge in [-0.2, -0.15) is 0 Å². The highest BCUT2D eigenvalue weighted by Gasteiger charge is 2.34. The normalized spacial score (nSPS) is 30.7. The van der Waals surface area contributed by atoms with Crippen LogP contribution in [-0.4, -0.2) is 29.2 Å². The van der Waals surface area contributed by atoms with Crippen molar-refractivity contribution in [3.63, 3.8) is 0 Å². The third-order valence-corrected chi connectivity index (χ3v) is 3.69. The van der Waals surface area contributed by atoms with Gasteiger partial charge in [0.05, 0.1) is 5.69 Å².